The zero-order chi connectivity index (χ0) is 10.8. The smallest absolute Gasteiger partial charge is 0.243 e. The van der Waals surface area contributed by atoms with E-state index in [9.17, 15) is 5.11 Å². The van der Waals surface area contributed by atoms with Crippen LogP contribution in [0.2, 0.25) is 0 Å². The molecule has 1 heterocycles. The van der Waals surface area contributed by atoms with Crippen LogP contribution in [0.4, 0.5) is 0 Å². The lowest BCUT2D eigenvalue weighted by Gasteiger charge is -1.90. The lowest BCUT2D eigenvalue weighted by molar-refractivity contribution is -0.671. The number of hydrogen-bond donors (Lipinski definition) is 0. The average molecular weight is 198 g/mol. The van der Waals surface area contributed by atoms with E-state index < -0.39 is 0 Å². The first-order valence-corrected chi connectivity index (χ1v) is 5.33. The van der Waals surface area contributed by atoms with Crippen LogP contribution in [0.3, 0.4) is 0 Å². The first kappa shape index (κ1) is 13.2. The number of hydrogen-bond acceptors (Lipinski definition) is 1. The van der Waals surface area contributed by atoms with Gasteiger partial charge in [-0.25, -0.2) is 9.13 Å². The molecule has 0 bridgehead atoms. The Morgan fingerprint density at radius 1 is 1.29 bits per heavy atom. The van der Waals surface area contributed by atoms with Crippen LogP contribution in [0.5, 0.6) is 0 Å². The Kier molecular flexibility index (Phi) is 8.24. The van der Waals surface area contributed by atoms with Crippen molar-refractivity contribution >= 4 is 0 Å². The zero-order valence-electron chi connectivity index (χ0n) is 9.57. The van der Waals surface area contributed by atoms with Crippen LogP contribution in [-0.4, -0.2) is 11.2 Å². The number of nitrogens with zero attached hydrogens (tertiary/aromatic N) is 2. The molecule has 1 aromatic heterocycles. The molecular weight excluding hydrogens is 176 g/mol. The van der Waals surface area contributed by atoms with Crippen LogP contribution in [0.15, 0.2) is 18.7 Å². The Hall–Kier alpha value is -0.830. The summed E-state index contributed by atoms with van der Waals surface area (Å²) in [6.45, 7) is 5.30. The van der Waals surface area contributed by atoms with Crippen molar-refractivity contribution in [1.82, 2.24) is 4.57 Å². The molecule has 1 aromatic rings. The van der Waals surface area contributed by atoms with Gasteiger partial charge in [0.05, 0.1) is 13.6 Å². The number of rotatable bonds is 4. The molecule has 0 saturated carbocycles. The first-order valence-electron chi connectivity index (χ1n) is 5.33. The van der Waals surface area contributed by atoms with Gasteiger partial charge in [0.25, 0.3) is 0 Å². The second kappa shape index (κ2) is 8.75. The molecule has 0 fully saturated rings. The molecule has 0 aliphatic heterocycles. The molecule has 0 amide bonds. The fraction of sp³-hybridized carbons (Fsp3) is 0.727. The van der Waals surface area contributed by atoms with Crippen molar-refractivity contribution in [2.24, 2.45) is 7.05 Å². The molecule has 0 spiro atoms. The molecule has 0 atom stereocenters. The summed E-state index contributed by atoms with van der Waals surface area (Å²) in [5.41, 5.74) is 0. The molecule has 0 aliphatic rings. The van der Waals surface area contributed by atoms with Crippen LogP contribution in [0.25, 0.3) is 0 Å². The predicted molar refractivity (Wildman–Crippen MR) is 55.7 cm³/mol. The maximum atomic E-state index is 9.30. The summed E-state index contributed by atoms with van der Waals surface area (Å²) in [6.07, 6.45) is 9.58. The Morgan fingerprint density at radius 3 is 2.29 bits per heavy atom. The van der Waals surface area contributed by atoms with Crippen molar-refractivity contribution in [2.45, 2.75) is 39.7 Å². The van der Waals surface area contributed by atoms with E-state index in [1.807, 2.05) is 14.0 Å². The van der Waals surface area contributed by atoms with Crippen LogP contribution in [-0.2, 0) is 13.6 Å². The third kappa shape index (κ3) is 6.66. The Morgan fingerprint density at radius 2 is 1.93 bits per heavy atom. The van der Waals surface area contributed by atoms with E-state index in [1.54, 1.807) is 0 Å². The van der Waals surface area contributed by atoms with E-state index in [4.69, 9.17) is 0 Å². The maximum Gasteiger partial charge on any atom is 0.243 e. The second-order valence-corrected chi connectivity index (χ2v) is 3.37. The second-order valence-electron chi connectivity index (χ2n) is 3.37. The molecule has 3 heteroatoms. The first-order chi connectivity index (χ1) is 6.74. The molecule has 82 valence electrons. The lowest BCUT2D eigenvalue weighted by Crippen LogP contribution is -2.23. The van der Waals surface area contributed by atoms with Gasteiger partial charge >= 0.3 is 0 Å². The summed E-state index contributed by atoms with van der Waals surface area (Å²) in [5.74, 6) is 0. The van der Waals surface area contributed by atoms with Crippen molar-refractivity contribution in [3.63, 3.8) is 0 Å². The summed E-state index contributed by atoms with van der Waals surface area (Å²) >= 11 is 0. The van der Waals surface area contributed by atoms with Gasteiger partial charge in [-0.15, -0.1) is 6.61 Å². The van der Waals surface area contributed by atoms with E-state index in [1.165, 1.54) is 12.8 Å². The largest absolute Gasteiger partial charge is 0.854 e. The van der Waals surface area contributed by atoms with Crippen molar-refractivity contribution in [3.05, 3.63) is 18.7 Å². The predicted octanol–water partition coefficient (Wildman–Crippen LogP) is 0.869. The molecule has 1 rings (SSSR count). The molecule has 0 saturated heterocycles. The SMILES string of the molecule is CCCCn1cc[n+](C)c1.CCC[O-]. The maximum absolute atomic E-state index is 9.30. The molecule has 0 aliphatic carbocycles. The summed E-state index contributed by atoms with van der Waals surface area (Å²) in [7, 11) is 2.04. The van der Waals surface area contributed by atoms with Gasteiger partial charge < -0.3 is 5.11 Å². The minimum atomic E-state index is 0.0694. The third-order valence-corrected chi connectivity index (χ3v) is 1.80. The van der Waals surface area contributed by atoms with E-state index >= 15 is 0 Å². The Bertz CT molecular complexity index is 219. The van der Waals surface area contributed by atoms with Crippen LogP contribution >= 0.6 is 0 Å². The van der Waals surface area contributed by atoms with Gasteiger partial charge in [-0.2, -0.15) is 0 Å². The molecule has 3 nitrogen and oxygen atoms in total. The van der Waals surface area contributed by atoms with Gasteiger partial charge in [0.15, 0.2) is 0 Å². The minimum absolute atomic E-state index is 0.0694. The quantitative estimate of drug-likeness (QED) is 0.661. The highest BCUT2D eigenvalue weighted by Crippen LogP contribution is 1.91. The Balaban J connectivity index is 0.000000364. The fourth-order valence-electron chi connectivity index (χ4n) is 0.975. The minimum Gasteiger partial charge on any atom is -0.854 e. The van der Waals surface area contributed by atoms with E-state index in [0.717, 1.165) is 13.0 Å². The van der Waals surface area contributed by atoms with E-state index in [0.29, 0.717) is 0 Å². The van der Waals surface area contributed by atoms with Gasteiger partial charge in [0, 0.05) is 0 Å². The number of imidazole rings is 1. The van der Waals surface area contributed by atoms with Crippen LogP contribution in [0.1, 0.15) is 33.1 Å². The summed E-state index contributed by atoms with van der Waals surface area (Å²) in [5, 5.41) is 9.30. The Labute approximate surface area is 87.0 Å². The van der Waals surface area contributed by atoms with E-state index in [2.05, 4.69) is 34.8 Å². The number of unbranched alkanes of at least 4 members (excludes halogenated alkanes) is 1. The monoisotopic (exact) mass is 198 g/mol. The van der Waals surface area contributed by atoms with Crippen molar-refractivity contribution in [3.8, 4) is 0 Å². The highest BCUT2D eigenvalue weighted by atomic mass is 16.2. The summed E-state index contributed by atoms with van der Waals surface area (Å²) in [4.78, 5) is 0. The van der Waals surface area contributed by atoms with Gasteiger partial charge in [-0.1, -0.05) is 26.7 Å². The lowest BCUT2D eigenvalue weighted by atomic mass is 10.3. The van der Waals surface area contributed by atoms with Gasteiger partial charge in [-0.3, -0.25) is 0 Å². The molecule has 0 aromatic carbocycles. The molecule has 0 N–H and O–H groups in total. The molecule has 14 heavy (non-hydrogen) atoms. The van der Waals surface area contributed by atoms with Crippen LogP contribution < -0.4 is 9.67 Å². The van der Waals surface area contributed by atoms with Crippen molar-refractivity contribution in [2.75, 3.05) is 6.61 Å². The highest BCUT2D eigenvalue weighted by molar-refractivity contribution is 4.65. The third-order valence-electron chi connectivity index (χ3n) is 1.80. The van der Waals surface area contributed by atoms with Gasteiger partial charge in [0.2, 0.25) is 6.33 Å². The normalized spacial score (nSPS) is 9.43. The number of aromatic nitrogens is 2. The van der Waals surface area contributed by atoms with Gasteiger partial charge in [-0.05, 0) is 6.42 Å². The molecule has 0 unspecified atom stereocenters. The standard InChI is InChI=1S/C8H15N2.C3H7O/c1-3-4-5-10-7-6-9(2)8-10;1-2-3-4/h6-8H,3-5H2,1-2H3;2-3H2,1H3/q+1;-1. The highest BCUT2D eigenvalue weighted by Gasteiger charge is 1.96. The van der Waals surface area contributed by atoms with E-state index in [-0.39, 0.29) is 6.61 Å². The fourth-order valence-corrected chi connectivity index (χ4v) is 0.975. The van der Waals surface area contributed by atoms with Crippen molar-refractivity contribution in [1.29, 1.82) is 0 Å². The number of aryl methyl sites for hydroxylation is 2. The molecular formula is C11H22N2O. The summed E-state index contributed by atoms with van der Waals surface area (Å²) in [6, 6.07) is 0. The average Bonchev–Trinajstić information content (AvgIpc) is 2.61. The van der Waals surface area contributed by atoms with Gasteiger partial charge in [0.1, 0.15) is 12.4 Å². The molecule has 0 radical (unpaired) electrons. The zero-order valence-corrected chi connectivity index (χ0v) is 9.57. The van der Waals surface area contributed by atoms with Crippen LogP contribution in [0, 0.1) is 0 Å². The summed E-state index contributed by atoms with van der Waals surface area (Å²) < 4.78 is 4.28. The van der Waals surface area contributed by atoms with Crippen molar-refractivity contribution < 1.29 is 9.67 Å². The topological polar surface area (TPSA) is 31.9 Å².